The zero-order valence-corrected chi connectivity index (χ0v) is 15.1. The summed E-state index contributed by atoms with van der Waals surface area (Å²) in [6.07, 6.45) is -1.98. The van der Waals surface area contributed by atoms with Crippen LogP contribution >= 0.6 is 0 Å². The van der Waals surface area contributed by atoms with Crippen LogP contribution in [-0.2, 0) is 22.0 Å². The summed E-state index contributed by atoms with van der Waals surface area (Å²) in [7, 11) is -3.67. The number of sulfonamides is 1. The lowest BCUT2D eigenvalue weighted by atomic mass is 10.1. The molecule has 10 heteroatoms. The molecule has 1 fully saturated rings. The zero-order valence-electron chi connectivity index (χ0n) is 14.3. The molecule has 6 nitrogen and oxygen atoms in total. The van der Waals surface area contributed by atoms with Crippen LogP contribution in [0.2, 0.25) is 0 Å². The van der Waals surface area contributed by atoms with E-state index < -0.39 is 21.8 Å². The number of alkyl halides is 3. The average molecular weight is 401 g/mol. The minimum Gasteiger partial charge on any atom is -0.472 e. The first-order chi connectivity index (χ1) is 12.7. The normalized spacial score (nSPS) is 19.0. The van der Waals surface area contributed by atoms with E-state index in [0.717, 1.165) is 12.1 Å². The molecule has 0 amide bonds. The van der Waals surface area contributed by atoms with Crippen molar-refractivity contribution in [2.24, 2.45) is 0 Å². The van der Waals surface area contributed by atoms with E-state index in [2.05, 4.69) is 10.2 Å². The molecule has 0 spiro atoms. The zero-order chi connectivity index (χ0) is 19.5. The Kier molecular flexibility index (Phi) is 5.66. The summed E-state index contributed by atoms with van der Waals surface area (Å²) in [6, 6.07) is 7.48. The molecule has 1 aliphatic rings. The minimum absolute atomic E-state index is 0.166. The van der Waals surface area contributed by atoms with Crippen molar-refractivity contribution in [1.82, 2.24) is 14.5 Å². The van der Waals surface area contributed by atoms with Gasteiger partial charge < -0.3 is 4.74 Å². The lowest BCUT2D eigenvalue weighted by Gasteiger charge is -2.31. The van der Waals surface area contributed by atoms with Gasteiger partial charge in [-0.1, -0.05) is 12.1 Å². The number of rotatable bonds is 5. The number of aromatic nitrogens is 2. The second-order valence-electron chi connectivity index (χ2n) is 6.25. The Bertz CT molecular complexity index is 858. The van der Waals surface area contributed by atoms with Gasteiger partial charge >= 0.3 is 6.18 Å². The first-order valence-corrected chi connectivity index (χ1v) is 9.93. The van der Waals surface area contributed by atoms with E-state index >= 15 is 0 Å². The number of nitrogens with zero attached hydrogens (tertiary/aromatic N) is 3. The molecule has 146 valence electrons. The van der Waals surface area contributed by atoms with Crippen LogP contribution in [0.25, 0.3) is 0 Å². The third-order valence-electron chi connectivity index (χ3n) is 4.20. The van der Waals surface area contributed by atoms with Gasteiger partial charge in [0.15, 0.2) is 0 Å². The van der Waals surface area contributed by atoms with Crippen LogP contribution in [0, 0.1) is 0 Å². The number of hydrogen-bond acceptors (Lipinski definition) is 5. The quantitative estimate of drug-likeness (QED) is 0.770. The Labute approximate surface area is 155 Å². The summed E-state index contributed by atoms with van der Waals surface area (Å²) in [5.74, 6) is -0.0345. The Morgan fingerprint density at radius 3 is 2.56 bits per heavy atom. The van der Waals surface area contributed by atoms with Crippen LogP contribution < -0.4 is 4.74 Å². The van der Waals surface area contributed by atoms with Crippen molar-refractivity contribution in [2.45, 2.75) is 30.9 Å². The van der Waals surface area contributed by atoms with Gasteiger partial charge in [-0.2, -0.15) is 22.6 Å². The van der Waals surface area contributed by atoms with Crippen LogP contribution in [0.1, 0.15) is 24.0 Å². The summed E-state index contributed by atoms with van der Waals surface area (Å²) in [5.41, 5.74) is -0.501. The van der Waals surface area contributed by atoms with E-state index in [4.69, 9.17) is 4.74 Å². The highest BCUT2D eigenvalue weighted by Gasteiger charge is 2.32. The van der Waals surface area contributed by atoms with E-state index in [1.165, 1.54) is 22.6 Å². The maximum absolute atomic E-state index is 12.7. The van der Waals surface area contributed by atoms with Crippen LogP contribution in [0.5, 0.6) is 5.88 Å². The predicted molar refractivity (Wildman–Crippen MR) is 91.3 cm³/mol. The highest BCUT2D eigenvalue weighted by Crippen LogP contribution is 2.29. The number of ether oxygens (including phenoxy) is 1. The number of piperidine rings is 1. The molecule has 2 heterocycles. The molecule has 27 heavy (non-hydrogen) atoms. The molecule has 2 aromatic rings. The molecule has 0 bridgehead atoms. The summed E-state index contributed by atoms with van der Waals surface area (Å²) in [5, 5.41) is 7.53. The van der Waals surface area contributed by atoms with Crippen LogP contribution in [0.4, 0.5) is 13.2 Å². The first kappa shape index (κ1) is 19.6. The van der Waals surface area contributed by atoms with Gasteiger partial charge in [0.25, 0.3) is 0 Å². The molecule has 1 atom stereocenters. The summed E-state index contributed by atoms with van der Waals surface area (Å²) in [4.78, 5) is 0. The van der Waals surface area contributed by atoms with Gasteiger partial charge in [-0.3, -0.25) is 0 Å². The largest absolute Gasteiger partial charge is 0.472 e. The fraction of sp³-hybridized carbons (Fsp3) is 0.412. The number of hydrogen-bond donors (Lipinski definition) is 0. The molecule has 0 radical (unpaired) electrons. The molecular weight excluding hydrogens is 383 g/mol. The van der Waals surface area contributed by atoms with E-state index in [-0.39, 0.29) is 18.4 Å². The molecule has 1 aromatic carbocycles. The van der Waals surface area contributed by atoms with Crippen molar-refractivity contribution in [3.05, 3.63) is 53.7 Å². The lowest BCUT2D eigenvalue weighted by Crippen LogP contribution is -2.44. The second-order valence-corrected chi connectivity index (χ2v) is 8.22. The van der Waals surface area contributed by atoms with Gasteiger partial charge in [-0.25, -0.2) is 8.42 Å². The molecular formula is C17H18F3N3O3S. The smallest absolute Gasteiger partial charge is 0.416 e. The van der Waals surface area contributed by atoms with Gasteiger partial charge in [0, 0.05) is 18.8 Å². The van der Waals surface area contributed by atoms with Crippen molar-refractivity contribution in [3.63, 3.8) is 0 Å². The average Bonchev–Trinajstić information content (AvgIpc) is 2.62. The third kappa shape index (κ3) is 5.16. The topological polar surface area (TPSA) is 72.4 Å². The maximum Gasteiger partial charge on any atom is 0.416 e. The van der Waals surface area contributed by atoms with Gasteiger partial charge in [0.2, 0.25) is 15.9 Å². The number of benzene rings is 1. The lowest BCUT2D eigenvalue weighted by molar-refractivity contribution is -0.137. The minimum atomic E-state index is -4.45. The van der Waals surface area contributed by atoms with Gasteiger partial charge in [-0.15, -0.1) is 5.10 Å². The molecule has 1 unspecified atom stereocenters. The fourth-order valence-electron chi connectivity index (χ4n) is 2.87. The Morgan fingerprint density at radius 1 is 1.19 bits per heavy atom. The van der Waals surface area contributed by atoms with Crippen molar-refractivity contribution < 1.29 is 26.3 Å². The monoisotopic (exact) mass is 401 g/mol. The summed E-state index contributed by atoms with van der Waals surface area (Å²) < 4.78 is 70.2. The van der Waals surface area contributed by atoms with E-state index in [9.17, 15) is 21.6 Å². The highest BCUT2D eigenvalue weighted by atomic mass is 32.2. The third-order valence-corrected chi connectivity index (χ3v) is 6.02. The van der Waals surface area contributed by atoms with E-state index in [1.807, 2.05) is 0 Å². The fourth-order valence-corrected chi connectivity index (χ4v) is 4.46. The van der Waals surface area contributed by atoms with Crippen molar-refractivity contribution in [2.75, 3.05) is 13.1 Å². The van der Waals surface area contributed by atoms with Crippen molar-refractivity contribution in [1.29, 1.82) is 0 Å². The molecule has 0 saturated carbocycles. The van der Waals surface area contributed by atoms with E-state index in [1.54, 1.807) is 12.1 Å². The van der Waals surface area contributed by atoms with Gasteiger partial charge in [-0.05, 0) is 36.6 Å². The van der Waals surface area contributed by atoms with Crippen LogP contribution in [0.3, 0.4) is 0 Å². The Hall–Kier alpha value is -2.20. The second kappa shape index (κ2) is 7.81. The van der Waals surface area contributed by atoms with Crippen molar-refractivity contribution >= 4 is 10.0 Å². The maximum atomic E-state index is 12.7. The van der Waals surface area contributed by atoms with Crippen LogP contribution in [-0.4, -0.2) is 42.1 Å². The number of halogens is 3. The molecule has 0 N–H and O–H groups in total. The van der Waals surface area contributed by atoms with Crippen molar-refractivity contribution in [3.8, 4) is 5.88 Å². The van der Waals surface area contributed by atoms with Gasteiger partial charge in [0.05, 0.1) is 17.9 Å². The Morgan fingerprint density at radius 2 is 1.93 bits per heavy atom. The first-order valence-electron chi connectivity index (χ1n) is 8.32. The predicted octanol–water partition coefficient (Wildman–Crippen LogP) is 2.87. The SMILES string of the molecule is O=S(=O)(Cc1ccc(C(F)(F)F)cc1)N1CCCC(Oc2cccnn2)C1. The Balaban J connectivity index is 1.65. The molecule has 1 aromatic heterocycles. The highest BCUT2D eigenvalue weighted by molar-refractivity contribution is 7.88. The summed E-state index contributed by atoms with van der Waals surface area (Å²) in [6.45, 7) is 0.517. The molecule has 1 saturated heterocycles. The van der Waals surface area contributed by atoms with E-state index in [0.29, 0.717) is 30.8 Å². The summed E-state index contributed by atoms with van der Waals surface area (Å²) >= 11 is 0. The van der Waals surface area contributed by atoms with Crippen LogP contribution in [0.15, 0.2) is 42.6 Å². The molecule has 3 rings (SSSR count). The molecule has 1 aliphatic heterocycles. The van der Waals surface area contributed by atoms with Gasteiger partial charge in [0.1, 0.15) is 6.10 Å². The standard InChI is InChI=1S/C17H18F3N3O3S/c18-17(19,20)14-7-5-13(6-8-14)12-27(24,25)23-10-2-3-15(11-23)26-16-4-1-9-21-22-16/h1,4-9,15H,2-3,10-12H2. The molecule has 0 aliphatic carbocycles.